The topological polar surface area (TPSA) is 40.5 Å². The molecule has 0 aliphatic heterocycles. The number of aliphatic hydroxyl groups is 1. The van der Waals surface area contributed by atoms with Gasteiger partial charge in [-0.05, 0) is 77.1 Å². The SMILES string of the molecule is CCCC[C@H](C)C(=O)/C=C/[C@@H]1[C@H]2CC(CCCCCN(C)C)=C[C@H]2C[C@H]1O. The summed E-state index contributed by atoms with van der Waals surface area (Å²) in [6.45, 7) is 5.37. The maximum Gasteiger partial charge on any atom is 0.158 e. The number of fused-ring (bicyclic) bond motifs is 1. The summed E-state index contributed by atoms with van der Waals surface area (Å²) in [6, 6.07) is 0. The van der Waals surface area contributed by atoms with Crippen LogP contribution in [0.4, 0.5) is 0 Å². The molecule has 0 aromatic rings. The van der Waals surface area contributed by atoms with Gasteiger partial charge in [-0.2, -0.15) is 0 Å². The molecule has 0 aromatic heterocycles. The number of ketones is 1. The van der Waals surface area contributed by atoms with E-state index in [0.717, 1.165) is 32.1 Å². The van der Waals surface area contributed by atoms with Crippen molar-refractivity contribution in [2.24, 2.45) is 23.7 Å². The third kappa shape index (κ3) is 6.87. The van der Waals surface area contributed by atoms with E-state index in [-0.39, 0.29) is 23.7 Å². The average molecular weight is 376 g/mol. The van der Waals surface area contributed by atoms with Gasteiger partial charge in [0.2, 0.25) is 0 Å². The lowest BCUT2D eigenvalue weighted by Crippen LogP contribution is -2.18. The molecule has 0 unspecified atom stereocenters. The van der Waals surface area contributed by atoms with E-state index in [1.807, 2.05) is 13.0 Å². The van der Waals surface area contributed by atoms with Crippen LogP contribution in [0.15, 0.2) is 23.8 Å². The number of hydrogen-bond donors (Lipinski definition) is 1. The summed E-state index contributed by atoms with van der Waals surface area (Å²) >= 11 is 0. The zero-order valence-electron chi connectivity index (χ0n) is 18.0. The van der Waals surface area contributed by atoms with Gasteiger partial charge >= 0.3 is 0 Å². The average Bonchev–Trinajstić information content (AvgIpc) is 3.13. The van der Waals surface area contributed by atoms with Crippen LogP contribution in [0.2, 0.25) is 0 Å². The molecule has 0 spiro atoms. The lowest BCUT2D eigenvalue weighted by Gasteiger charge is -2.18. The third-order valence-corrected chi connectivity index (χ3v) is 6.51. The number of rotatable bonds is 12. The highest BCUT2D eigenvalue weighted by atomic mass is 16.3. The summed E-state index contributed by atoms with van der Waals surface area (Å²) in [6.07, 6.45) is 16.2. The molecule has 2 rings (SSSR count). The molecule has 0 aromatic carbocycles. The van der Waals surface area contributed by atoms with E-state index < -0.39 is 0 Å². The second-order valence-electron chi connectivity index (χ2n) is 9.16. The van der Waals surface area contributed by atoms with Crippen molar-refractivity contribution < 1.29 is 9.90 Å². The molecular formula is C24H41NO2. The first-order valence-corrected chi connectivity index (χ1v) is 11.2. The lowest BCUT2D eigenvalue weighted by atomic mass is 9.88. The van der Waals surface area contributed by atoms with Crippen LogP contribution >= 0.6 is 0 Å². The molecule has 0 saturated heterocycles. The van der Waals surface area contributed by atoms with Crippen LogP contribution in [0.3, 0.4) is 0 Å². The Bertz CT molecular complexity index is 522. The third-order valence-electron chi connectivity index (χ3n) is 6.51. The van der Waals surface area contributed by atoms with Crippen LogP contribution in [0.5, 0.6) is 0 Å². The molecule has 1 saturated carbocycles. The van der Waals surface area contributed by atoms with Gasteiger partial charge in [-0.25, -0.2) is 0 Å². The largest absolute Gasteiger partial charge is 0.392 e. The second-order valence-corrected chi connectivity index (χ2v) is 9.16. The Morgan fingerprint density at radius 3 is 2.78 bits per heavy atom. The molecule has 1 N–H and O–H groups in total. The minimum Gasteiger partial charge on any atom is -0.392 e. The standard InChI is InChI=1S/C24H41NO2/c1-5-6-10-18(2)23(26)13-12-21-22-16-19(15-20(22)17-24(21)27)11-8-7-9-14-25(3)4/h12-13,15,18,20-22,24,27H,5-11,14,16-17H2,1-4H3/b13-12+/t18-,20-,21+,22-,24+/m0/s1. The molecule has 0 amide bonds. The summed E-state index contributed by atoms with van der Waals surface area (Å²) in [5, 5.41) is 10.5. The minimum atomic E-state index is -0.284. The van der Waals surface area contributed by atoms with Gasteiger partial charge in [0, 0.05) is 11.8 Å². The molecule has 2 aliphatic rings. The number of allylic oxidation sites excluding steroid dienone is 3. The quantitative estimate of drug-likeness (QED) is 0.296. The summed E-state index contributed by atoms with van der Waals surface area (Å²) in [5.41, 5.74) is 1.59. The van der Waals surface area contributed by atoms with Gasteiger partial charge in [0.05, 0.1) is 6.10 Å². The Labute approximate surface area is 166 Å². The fourth-order valence-electron chi connectivity index (χ4n) is 4.77. The summed E-state index contributed by atoms with van der Waals surface area (Å²) < 4.78 is 0. The van der Waals surface area contributed by atoms with Crippen LogP contribution < -0.4 is 0 Å². The zero-order chi connectivity index (χ0) is 19.8. The number of nitrogens with zero attached hydrogens (tertiary/aromatic N) is 1. The monoisotopic (exact) mass is 375 g/mol. The van der Waals surface area contributed by atoms with Crippen molar-refractivity contribution >= 4 is 5.78 Å². The molecule has 0 heterocycles. The summed E-state index contributed by atoms with van der Waals surface area (Å²) in [4.78, 5) is 14.6. The Kier molecular flexibility index (Phi) is 9.25. The summed E-state index contributed by atoms with van der Waals surface area (Å²) in [5.74, 6) is 1.51. The first kappa shape index (κ1) is 22.4. The van der Waals surface area contributed by atoms with Crippen LogP contribution in [0.25, 0.3) is 0 Å². The van der Waals surface area contributed by atoms with Crippen molar-refractivity contribution in [3.05, 3.63) is 23.8 Å². The fourth-order valence-corrected chi connectivity index (χ4v) is 4.77. The van der Waals surface area contributed by atoms with Crippen molar-refractivity contribution in [2.75, 3.05) is 20.6 Å². The first-order chi connectivity index (χ1) is 12.9. The molecule has 1 fully saturated rings. The van der Waals surface area contributed by atoms with Crippen molar-refractivity contribution in [2.45, 2.75) is 77.7 Å². The van der Waals surface area contributed by atoms with Crippen molar-refractivity contribution in [1.29, 1.82) is 0 Å². The Morgan fingerprint density at radius 2 is 2.07 bits per heavy atom. The van der Waals surface area contributed by atoms with E-state index >= 15 is 0 Å². The molecule has 0 bridgehead atoms. The zero-order valence-corrected chi connectivity index (χ0v) is 18.0. The van der Waals surface area contributed by atoms with Crippen molar-refractivity contribution in [1.82, 2.24) is 4.90 Å². The van der Waals surface area contributed by atoms with Gasteiger partial charge in [0.1, 0.15) is 0 Å². The number of aliphatic hydroxyl groups excluding tert-OH is 1. The lowest BCUT2D eigenvalue weighted by molar-refractivity contribution is -0.117. The highest BCUT2D eigenvalue weighted by Crippen LogP contribution is 2.48. The number of unbranched alkanes of at least 4 members (excludes halogenated alkanes) is 3. The Hall–Kier alpha value is -0.930. The fraction of sp³-hybridized carbons (Fsp3) is 0.792. The molecule has 3 nitrogen and oxygen atoms in total. The van der Waals surface area contributed by atoms with Crippen molar-refractivity contribution in [3.63, 3.8) is 0 Å². The van der Waals surface area contributed by atoms with Gasteiger partial charge in [0.25, 0.3) is 0 Å². The van der Waals surface area contributed by atoms with Crippen molar-refractivity contribution in [3.8, 4) is 0 Å². The van der Waals surface area contributed by atoms with Gasteiger partial charge in [-0.15, -0.1) is 0 Å². The normalized spacial score (nSPS) is 28.7. The van der Waals surface area contributed by atoms with Gasteiger partial charge in [0.15, 0.2) is 5.78 Å². The Balaban J connectivity index is 1.79. The van der Waals surface area contributed by atoms with Gasteiger partial charge in [-0.3, -0.25) is 4.79 Å². The maximum absolute atomic E-state index is 12.3. The Morgan fingerprint density at radius 1 is 1.30 bits per heavy atom. The van der Waals surface area contributed by atoms with E-state index in [4.69, 9.17) is 0 Å². The smallest absolute Gasteiger partial charge is 0.158 e. The molecular weight excluding hydrogens is 334 g/mol. The van der Waals surface area contributed by atoms with Crippen LogP contribution in [0, 0.1) is 23.7 Å². The van der Waals surface area contributed by atoms with E-state index in [1.54, 1.807) is 11.6 Å². The van der Waals surface area contributed by atoms with Crippen LogP contribution in [-0.2, 0) is 4.79 Å². The molecule has 0 radical (unpaired) electrons. The molecule has 5 atom stereocenters. The van der Waals surface area contributed by atoms with Gasteiger partial charge < -0.3 is 10.0 Å². The number of carbonyl (C=O) groups is 1. The molecule has 2 aliphatic carbocycles. The number of carbonyl (C=O) groups excluding carboxylic acids is 1. The van der Waals surface area contributed by atoms with E-state index in [1.165, 1.54) is 32.2 Å². The van der Waals surface area contributed by atoms with Gasteiger partial charge in [-0.1, -0.05) is 50.8 Å². The van der Waals surface area contributed by atoms with E-state index in [0.29, 0.717) is 11.8 Å². The minimum absolute atomic E-state index is 0.106. The van der Waals surface area contributed by atoms with Crippen LogP contribution in [0.1, 0.15) is 71.6 Å². The highest BCUT2D eigenvalue weighted by Gasteiger charge is 2.43. The molecule has 154 valence electrons. The predicted octanol–water partition coefficient (Wildman–Crippen LogP) is 5.00. The first-order valence-electron chi connectivity index (χ1n) is 11.2. The number of hydrogen-bond acceptors (Lipinski definition) is 3. The van der Waals surface area contributed by atoms with E-state index in [2.05, 4.69) is 32.0 Å². The van der Waals surface area contributed by atoms with Crippen LogP contribution in [-0.4, -0.2) is 42.5 Å². The summed E-state index contributed by atoms with van der Waals surface area (Å²) in [7, 11) is 4.27. The second kappa shape index (κ2) is 11.2. The predicted molar refractivity (Wildman–Crippen MR) is 114 cm³/mol. The molecule has 27 heavy (non-hydrogen) atoms. The van der Waals surface area contributed by atoms with E-state index in [9.17, 15) is 9.90 Å². The highest BCUT2D eigenvalue weighted by molar-refractivity contribution is 5.91. The molecule has 3 heteroatoms. The maximum atomic E-state index is 12.3.